The van der Waals surface area contributed by atoms with Crippen molar-refractivity contribution in [3.05, 3.63) is 59.2 Å². The number of rotatable bonds is 1. The van der Waals surface area contributed by atoms with Crippen LogP contribution in [0.3, 0.4) is 0 Å². The second-order valence-electron chi connectivity index (χ2n) is 7.49. The number of hydrogen-bond donors (Lipinski definition) is 1. The molecule has 2 bridgehead atoms. The molecule has 0 amide bonds. The molecular formula is C21H22N2OS. The van der Waals surface area contributed by atoms with Crippen molar-refractivity contribution in [2.24, 2.45) is 5.92 Å². The number of aryl methyl sites for hydroxylation is 2. The van der Waals surface area contributed by atoms with Gasteiger partial charge in [-0.15, -0.1) is 0 Å². The van der Waals surface area contributed by atoms with Crippen molar-refractivity contribution in [2.45, 2.75) is 44.9 Å². The highest BCUT2D eigenvalue weighted by Crippen LogP contribution is 2.56. The molecule has 3 aliphatic rings. The van der Waals surface area contributed by atoms with Crippen LogP contribution in [0.25, 0.3) is 0 Å². The molecule has 1 saturated carbocycles. The molecule has 0 unspecified atom stereocenters. The Morgan fingerprint density at radius 1 is 1.12 bits per heavy atom. The number of benzene rings is 2. The maximum atomic E-state index is 6.76. The lowest BCUT2D eigenvalue weighted by Gasteiger charge is -2.56. The molecule has 2 aliphatic heterocycles. The number of thiocarbonyl (C=S) groups is 1. The van der Waals surface area contributed by atoms with Crippen molar-refractivity contribution in [3.8, 4) is 5.75 Å². The van der Waals surface area contributed by atoms with Crippen molar-refractivity contribution < 1.29 is 4.74 Å². The molecule has 4 heteroatoms. The molecule has 5 rings (SSSR count). The van der Waals surface area contributed by atoms with Gasteiger partial charge in [0.25, 0.3) is 0 Å². The first-order chi connectivity index (χ1) is 12.1. The molecule has 2 aromatic rings. The molecule has 25 heavy (non-hydrogen) atoms. The normalized spacial score (nSPS) is 29.5. The van der Waals surface area contributed by atoms with Crippen molar-refractivity contribution in [3.63, 3.8) is 0 Å². The molecule has 1 aliphatic carbocycles. The summed E-state index contributed by atoms with van der Waals surface area (Å²) in [6.45, 7) is 4.32. The van der Waals surface area contributed by atoms with E-state index in [2.05, 4.69) is 66.5 Å². The summed E-state index contributed by atoms with van der Waals surface area (Å²) in [6, 6.07) is 15.1. The zero-order valence-corrected chi connectivity index (χ0v) is 15.4. The molecule has 2 heterocycles. The molecule has 0 radical (unpaired) electrons. The quantitative estimate of drug-likeness (QED) is 0.758. The number of ether oxygens (including phenoxy) is 1. The molecule has 1 N–H and O–H groups in total. The van der Waals surface area contributed by atoms with Crippen LogP contribution >= 0.6 is 12.2 Å². The Balaban J connectivity index is 1.74. The summed E-state index contributed by atoms with van der Waals surface area (Å²) in [5.41, 5.74) is 4.56. The lowest BCUT2D eigenvalue weighted by atomic mass is 9.80. The second-order valence-corrected chi connectivity index (χ2v) is 7.87. The van der Waals surface area contributed by atoms with Gasteiger partial charge in [0.2, 0.25) is 0 Å². The fraction of sp³-hybridized carbons (Fsp3) is 0.381. The summed E-state index contributed by atoms with van der Waals surface area (Å²) in [5, 5.41) is 4.44. The topological polar surface area (TPSA) is 24.5 Å². The average molecular weight is 350 g/mol. The second kappa shape index (κ2) is 5.21. The third-order valence-electron chi connectivity index (χ3n) is 6.10. The van der Waals surface area contributed by atoms with E-state index in [0.717, 1.165) is 23.7 Å². The first-order valence-corrected chi connectivity index (χ1v) is 9.47. The molecule has 0 spiro atoms. The van der Waals surface area contributed by atoms with Crippen molar-refractivity contribution in [2.75, 3.05) is 4.90 Å². The van der Waals surface area contributed by atoms with Gasteiger partial charge in [-0.2, -0.15) is 0 Å². The van der Waals surface area contributed by atoms with E-state index in [1.165, 1.54) is 28.8 Å². The SMILES string of the molecule is Cc1cccc(C)c1N1C(=S)N[C@H]2c3ccccc3O[C@@]13CCC[C@@H]23. The van der Waals surface area contributed by atoms with Crippen LogP contribution in [-0.2, 0) is 0 Å². The Morgan fingerprint density at radius 2 is 1.88 bits per heavy atom. The van der Waals surface area contributed by atoms with Crippen molar-refractivity contribution in [1.82, 2.24) is 5.32 Å². The van der Waals surface area contributed by atoms with Gasteiger partial charge in [-0.1, -0.05) is 36.4 Å². The van der Waals surface area contributed by atoms with Gasteiger partial charge in [0, 0.05) is 17.9 Å². The first kappa shape index (κ1) is 15.2. The minimum absolute atomic E-state index is 0.250. The van der Waals surface area contributed by atoms with Gasteiger partial charge in [0.15, 0.2) is 10.8 Å². The number of fused-ring (bicyclic) bond motifs is 2. The first-order valence-electron chi connectivity index (χ1n) is 9.07. The molecular weight excluding hydrogens is 328 g/mol. The van der Waals surface area contributed by atoms with Crippen molar-refractivity contribution >= 4 is 23.0 Å². The van der Waals surface area contributed by atoms with Gasteiger partial charge in [0.1, 0.15) is 5.75 Å². The highest BCUT2D eigenvalue weighted by atomic mass is 32.1. The predicted octanol–water partition coefficient (Wildman–Crippen LogP) is 4.63. The maximum Gasteiger partial charge on any atom is 0.194 e. The third-order valence-corrected chi connectivity index (χ3v) is 6.40. The monoisotopic (exact) mass is 350 g/mol. The summed E-state index contributed by atoms with van der Waals surface area (Å²) in [7, 11) is 0. The lowest BCUT2D eigenvalue weighted by Crippen LogP contribution is -2.69. The summed E-state index contributed by atoms with van der Waals surface area (Å²) in [5.74, 6) is 1.41. The molecule has 2 aromatic carbocycles. The highest BCUT2D eigenvalue weighted by molar-refractivity contribution is 7.80. The fourth-order valence-corrected chi connectivity index (χ4v) is 5.47. The van der Waals surface area contributed by atoms with Gasteiger partial charge >= 0.3 is 0 Å². The Hall–Kier alpha value is -2.07. The number of anilines is 1. The number of para-hydroxylation sites is 2. The summed E-state index contributed by atoms with van der Waals surface area (Å²) in [4.78, 5) is 2.29. The van der Waals surface area contributed by atoms with E-state index in [9.17, 15) is 0 Å². The number of nitrogens with zero attached hydrogens (tertiary/aromatic N) is 1. The Morgan fingerprint density at radius 3 is 2.68 bits per heavy atom. The third kappa shape index (κ3) is 1.94. The van der Waals surface area contributed by atoms with E-state index < -0.39 is 0 Å². The molecule has 3 atom stereocenters. The standard InChI is InChI=1S/C21H22N2OS/c1-13-7-5-8-14(2)19(13)23-20(25)22-18-15-9-3-4-11-17(15)24-21(23)12-6-10-16(18)21/h3-5,7-9,11,16,18H,6,10,12H2,1-2H3,(H,22,25)/t16-,18-,21+/m0/s1. The van der Waals surface area contributed by atoms with Gasteiger partial charge in [0.05, 0.1) is 11.7 Å². The van der Waals surface area contributed by atoms with Crippen LogP contribution in [0.15, 0.2) is 42.5 Å². The van der Waals surface area contributed by atoms with Gasteiger partial charge in [-0.05, 0) is 56.1 Å². The highest BCUT2D eigenvalue weighted by Gasteiger charge is 2.60. The van der Waals surface area contributed by atoms with Crippen LogP contribution in [0.4, 0.5) is 5.69 Å². The Labute approximate surface area is 154 Å². The minimum Gasteiger partial charge on any atom is -0.467 e. The van der Waals surface area contributed by atoms with Crippen LogP contribution in [0.1, 0.15) is 42.0 Å². The lowest BCUT2D eigenvalue weighted by molar-refractivity contribution is -0.00520. The van der Waals surface area contributed by atoms with Crippen LogP contribution in [-0.4, -0.2) is 10.8 Å². The largest absolute Gasteiger partial charge is 0.467 e. The number of hydrogen-bond acceptors (Lipinski definition) is 2. The molecule has 1 saturated heterocycles. The summed E-state index contributed by atoms with van der Waals surface area (Å²) in [6.07, 6.45) is 3.34. The van der Waals surface area contributed by atoms with Crippen LogP contribution in [0, 0.1) is 19.8 Å². The zero-order chi connectivity index (χ0) is 17.2. The van der Waals surface area contributed by atoms with Gasteiger partial charge in [-0.25, -0.2) is 0 Å². The van der Waals surface area contributed by atoms with E-state index in [4.69, 9.17) is 17.0 Å². The smallest absolute Gasteiger partial charge is 0.194 e. The van der Waals surface area contributed by atoms with Crippen LogP contribution < -0.4 is 15.0 Å². The van der Waals surface area contributed by atoms with Crippen LogP contribution in [0.5, 0.6) is 5.75 Å². The predicted molar refractivity (Wildman–Crippen MR) is 104 cm³/mol. The molecule has 0 aromatic heterocycles. The fourth-order valence-electron chi connectivity index (χ4n) is 5.10. The molecule has 2 fully saturated rings. The number of nitrogens with one attached hydrogen (secondary N) is 1. The van der Waals surface area contributed by atoms with Crippen LogP contribution in [0.2, 0.25) is 0 Å². The van der Waals surface area contributed by atoms with Crippen molar-refractivity contribution in [1.29, 1.82) is 0 Å². The maximum absolute atomic E-state index is 6.76. The zero-order valence-electron chi connectivity index (χ0n) is 14.6. The van der Waals surface area contributed by atoms with E-state index in [-0.39, 0.29) is 11.8 Å². The van der Waals surface area contributed by atoms with E-state index in [0.29, 0.717) is 5.92 Å². The van der Waals surface area contributed by atoms with E-state index >= 15 is 0 Å². The molecule has 3 nitrogen and oxygen atoms in total. The summed E-state index contributed by atoms with van der Waals surface area (Å²) >= 11 is 5.87. The Bertz CT molecular complexity index is 860. The van der Waals surface area contributed by atoms with Gasteiger partial charge < -0.3 is 10.1 Å². The van der Waals surface area contributed by atoms with Gasteiger partial charge in [-0.3, -0.25) is 4.90 Å². The van der Waals surface area contributed by atoms with E-state index in [1.807, 2.05) is 0 Å². The Kier molecular flexibility index (Phi) is 3.17. The summed E-state index contributed by atoms with van der Waals surface area (Å²) < 4.78 is 6.76. The molecule has 128 valence electrons. The van der Waals surface area contributed by atoms with E-state index in [1.54, 1.807) is 0 Å². The minimum atomic E-state index is -0.363. The average Bonchev–Trinajstić information content (AvgIpc) is 3.02.